The molecule has 0 aliphatic rings. The molecule has 0 aliphatic carbocycles. The van der Waals surface area contributed by atoms with Crippen molar-refractivity contribution in [3.05, 3.63) is 23.5 Å². The molecule has 9 heteroatoms. The number of nitrogens with zero attached hydrogens (tertiary/aromatic N) is 1. The van der Waals surface area contributed by atoms with E-state index in [9.17, 15) is 26.0 Å². The molecule has 0 bridgehead atoms. The van der Waals surface area contributed by atoms with E-state index in [0.29, 0.717) is 0 Å². The van der Waals surface area contributed by atoms with Gasteiger partial charge in [-0.2, -0.15) is 4.39 Å². The fourth-order valence-electron chi connectivity index (χ4n) is 0.821. The molecular weight excluding hydrogens is 262 g/mol. The predicted molar refractivity (Wildman–Crippen MR) is 42.1 cm³/mol. The van der Waals surface area contributed by atoms with E-state index in [-0.39, 0.29) is 6.20 Å². The zero-order valence-corrected chi connectivity index (χ0v) is 8.29. The van der Waals surface area contributed by atoms with Gasteiger partial charge in [0, 0.05) is 10.7 Å². The number of alkyl halides is 2. The molecule has 84 valence electrons. The van der Waals surface area contributed by atoms with Gasteiger partial charge in [-0.05, 0) is 0 Å². The first-order valence-electron chi connectivity index (χ1n) is 3.32. The summed E-state index contributed by atoms with van der Waals surface area (Å²) in [6.45, 7) is 0. The van der Waals surface area contributed by atoms with Gasteiger partial charge in [0.1, 0.15) is 10.5 Å². The van der Waals surface area contributed by atoms with Crippen molar-refractivity contribution in [3.8, 4) is 0 Å². The molecule has 3 nitrogen and oxygen atoms in total. The Kier molecular flexibility index (Phi) is 3.19. The number of halogens is 5. The maximum atomic E-state index is 13.1. The van der Waals surface area contributed by atoms with Crippen LogP contribution in [-0.2, 0) is 9.05 Å². The molecule has 0 amide bonds. The second-order valence-electron chi connectivity index (χ2n) is 2.38. The van der Waals surface area contributed by atoms with Gasteiger partial charge in [0.15, 0.2) is 5.82 Å². The van der Waals surface area contributed by atoms with Gasteiger partial charge in [-0.25, -0.2) is 26.6 Å². The summed E-state index contributed by atoms with van der Waals surface area (Å²) >= 11 is 0. The molecule has 1 heterocycles. The van der Waals surface area contributed by atoms with Crippen LogP contribution >= 0.6 is 10.7 Å². The Hall–Kier alpha value is -0.890. The fourth-order valence-corrected chi connectivity index (χ4v) is 1.65. The van der Waals surface area contributed by atoms with Crippen molar-refractivity contribution in [2.45, 2.75) is 11.3 Å². The van der Waals surface area contributed by atoms with Gasteiger partial charge in [0.2, 0.25) is 5.95 Å². The summed E-state index contributed by atoms with van der Waals surface area (Å²) in [6.07, 6.45) is -3.28. The van der Waals surface area contributed by atoms with Gasteiger partial charge < -0.3 is 0 Å². The second kappa shape index (κ2) is 3.93. The Bertz CT molecular complexity index is 490. The van der Waals surface area contributed by atoms with Gasteiger partial charge in [0.05, 0.1) is 6.20 Å². The van der Waals surface area contributed by atoms with Gasteiger partial charge >= 0.3 is 0 Å². The van der Waals surface area contributed by atoms with Crippen molar-refractivity contribution >= 4 is 19.7 Å². The molecular formula is C6H2ClF4NO2S. The first-order valence-corrected chi connectivity index (χ1v) is 5.62. The molecule has 0 spiro atoms. The molecule has 0 saturated heterocycles. The standard InChI is InChI=1S/C6H2ClF4NO2S/c7-15(13,14)2-1-12-6(11)3(4(2)8)5(9)10/h1,5H. The van der Waals surface area contributed by atoms with Crippen LogP contribution in [0.2, 0.25) is 0 Å². The molecule has 1 aromatic heterocycles. The zero-order valence-electron chi connectivity index (χ0n) is 6.72. The Morgan fingerprint density at radius 2 is 1.87 bits per heavy atom. The van der Waals surface area contributed by atoms with Crippen LogP contribution in [0.5, 0.6) is 0 Å². The molecule has 0 unspecified atom stereocenters. The summed E-state index contributed by atoms with van der Waals surface area (Å²) in [5.74, 6) is -3.70. The molecule has 0 N–H and O–H groups in total. The van der Waals surface area contributed by atoms with Gasteiger partial charge in [-0.3, -0.25) is 0 Å². The van der Waals surface area contributed by atoms with Gasteiger partial charge in [0.25, 0.3) is 15.5 Å². The van der Waals surface area contributed by atoms with Crippen molar-refractivity contribution < 1.29 is 26.0 Å². The van der Waals surface area contributed by atoms with Crippen molar-refractivity contribution in [2.24, 2.45) is 0 Å². The van der Waals surface area contributed by atoms with E-state index < -0.39 is 37.7 Å². The van der Waals surface area contributed by atoms with Gasteiger partial charge in [-0.15, -0.1) is 0 Å². The normalized spacial score (nSPS) is 12.1. The summed E-state index contributed by atoms with van der Waals surface area (Å²) < 4.78 is 71.2. The third kappa shape index (κ3) is 2.37. The quantitative estimate of drug-likeness (QED) is 0.467. The number of hydrogen-bond acceptors (Lipinski definition) is 3. The van der Waals surface area contributed by atoms with E-state index in [1.54, 1.807) is 0 Å². The van der Waals surface area contributed by atoms with E-state index in [2.05, 4.69) is 4.98 Å². The minimum absolute atomic E-state index is 0.235. The first-order chi connectivity index (χ1) is 6.75. The summed E-state index contributed by atoms with van der Waals surface area (Å²) in [6, 6.07) is 0. The van der Waals surface area contributed by atoms with Crippen LogP contribution in [0.4, 0.5) is 17.6 Å². The monoisotopic (exact) mass is 263 g/mol. The Morgan fingerprint density at radius 3 is 2.27 bits per heavy atom. The number of aromatic nitrogens is 1. The maximum absolute atomic E-state index is 13.1. The zero-order chi connectivity index (χ0) is 11.8. The van der Waals surface area contributed by atoms with Crippen molar-refractivity contribution in [1.82, 2.24) is 4.98 Å². The molecule has 1 rings (SSSR count). The summed E-state index contributed by atoms with van der Waals surface area (Å²) in [5, 5.41) is 0. The molecule has 1 aromatic rings. The minimum Gasteiger partial charge on any atom is -0.226 e. The van der Waals surface area contributed by atoms with E-state index in [1.807, 2.05) is 0 Å². The van der Waals surface area contributed by atoms with Crippen molar-refractivity contribution in [1.29, 1.82) is 0 Å². The lowest BCUT2D eigenvalue weighted by Gasteiger charge is -2.05. The van der Waals surface area contributed by atoms with Crippen molar-refractivity contribution in [2.75, 3.05) is 0 Å². The third-order valence-electron chi connectivity index (χ3n) is 1.45. The van der Waals surface area contributed by atoms with Crippen LogP contribution in [0, 0.1) is 11.8 Å². The molecule has 0 atom stereocenters. The molecule has 0 aromatic carbocycles. The molecule has 0 radical (unpaired) electrons. The topological polar surface area (TPSA) is 47.0 Å². The maximum Gasteiger partial charge on any atom is 0.271 e. The Morgan fingerprint density at radius 1 is 1.33 bits per heavy atom. The molecule has 0 aliphatic heterocycles. The van der Waals surface area contributed by atoms with E-state index in [4.69, 9.17) is 10.7 Å². The number of hydrogen-bond donors (Lipinski definition) is 0. The van der Waals surface area contributed by atoms with Crippen LogP contribution in [0.25, 0.3) is 0 Å². The van der Waals surface area contributed by atoms with Crippen LogP contribution < -0.4 is 0 Å². The summed E-state index contributed by atoms with van der Waals surface area (Å²) in [4.78, 5) is 1.40. The lowest BCUT2D eigenvalue weighted by molar-refractivity contribution is 0.138. The molecule has 15 heavy (non-hydrogen) atoms. The predicted octanol–water partition coefficient (Wildman–Crippen LogP) is 2.22. The Balaban J connectivity index is 3.56. The van der Waals surface area contributed by atoms with Crippen molar-refractivity contribution in [3.63, 3.8) is 0 Å². The third-order valence-corrected chi connectivity index (χ3v) is 2.76. The lowest BCUT2D eigenvalue weighted by atomic mass is 10.3. The van der Waals surface area contributed by atoms with E-state index in [0.717, 1.165) is 0 Å². The van der Waals surface area contributed by atoms with Crippen LogP contribution in [-0.4, -0.2) is 13.4 Å². The number of pyridine rings is 1. The summed E-state index contributed by atoms with van der Waals surface area (Å²) in [7, 11) is 0.146. The average Bonchev–Trinajstić information content (AvgIpc) is 2.00. The highest BCUT2D eigenvalue weighted by atomic mass is 35.7. The molecule has 0 saturated carbocycles. The van der Waals surface area contributed by atoms with Gasteiger partial charge in [-0.1, -0.05) is 0 Å². The lowest BCUT2D eigenvalue weighted by Crippen LogP contribution is -2.05. The number of rotatable bonds is 2. The highest BCUT2D eigenvalue weighted by Gasteiger charge is 2.27. The summed E-state index contributed by atoms with van der Waals surface area (Å²) in [5.41, 5.74) is -1.71. The largest absolute Gasteiger partial charge is 0.271 e. The van der Waals surface area contributed by atoms with Crippen LogP contribution in [0.15, 0.2) is 11.1 Å². The second-order valence-corrected chi connectivity index (χ2v) is 4.91. The smallest absolute Gasteiger partial charge is 0.226 e. The van der Waals surface area contributed by atoms with E-state index in [1.165, 1.54) is 0 Å². The molecule has 0 fully saturated rings. The highest BCUT2D eigenvalue weighted by Crippen LogP contribution is 2.28. The average molecular weight is 264 g/mol. The van der Waals surface area contributed by atoms with Crippen LogP contribution in [0.1, 0.15) is 12.0 Å². The first kappa shape index (κ1) is 12.2. The SMILES string of the molecule is O=S(=O)(Cl)c1cnc(F)c(C(F)F)c1F. The Labute approximate surface area is 86.1 Å². The van der Waals surface area contributed by atoms with E-state index >= 15 is 0 Å². The van der Waals surface area contributed by atoms with Crippen LogP contribution in [0.3, 0.4) is 0 Å². The highest BCUT2D eigenvalue weighted by molar-refractivity contribution is 8.13. The fraction of sp³-hybridized carbons (Fsp3) is 0.167. The minimum atomic E-state index is -4.57.